The van der Waals surface area contributed by atoms with Crippen LogP contribution in [0.2, 0.25) is 0 Å². The zero-order chi connectivity index (χ0) is 18.4. The van der Waals surface area contributed by atoms with Gasteiger partial charge in [0.1, 0.15) is 0 Å². The van der Waals surface area contributed by atoms with Crippen LogP contribution in [0.4, 0.5) is 11.4 Å². The Labute approximate surface area is 156 Å². The van der Waals surface area contributed by atoms with E-state index in [1.54, 1.807) is 0 Å². The summed E-state index contributed by atoms with van der Waals surface area (Å²) in [6.45, 7) is 7.58. The van der Waals surface area contributed by atoms with Gasteiger partial charge in [0.15, 0.2) is 0 Å². The van der Waals surface area contributed by atoms with Crippen molar-refractivity contribution < 1.29 is 4.79 Å². The molecule has 1 amide bonds. The molecule has 1 heterocycles. The van der Waals surface area contributed by atoms with Gasteiger partial charge in [-0.2, -0.15) is 0 Å². The Bertz CT molecular complexity index is 706. The second-order valence-corrected chi connectivity index (χ2v) is 6.71. The standard InChI is InChI=1S/C22H29N3O/c1-3-24(4-2)22(26)18-9-8-12-21(17-18)25(19-10-6-5-7-11-19)20-13-15-23-16-14-20/h5-12,17,20,23H,3-4,13-16H2,1-2H3. The zero-order valence-corrected chi connectivity index (χ0v) is 15.8. The predicted octanol–water partition coefficient (Wildman–Crippen LogP) is 4.06. The van der Waals surface area contributed by atoms with E-state index in [1.807, 2.05) is 36.9 Å². The summed E-state index contributed by atoms with van der Waals surface area (Å²) in [5, 5.41) is 3.44. The van der Waals surface area contributed by atoms with Crippen LogP contribution >= 0.6 is 0 Å². The van der Waals surface area contributed by atoms with Gasteiger partial charge in [0.25, 0.3) is 5.91 Å². The third kappa shape index (κ3) is 4.07. The summed E-state index contributed by atoms with van der Waals surface area (Å²) in [5.74, 6) is 0.107. The molecule has 1 saturated heterocycles. The Kier molecular flexibility index (Phi) is 6.29. The fourth-order valence-electron chi connectivity index (χ4n) is 3.71. The van der Waals surface area contributed by atoms with Gasteiger partial charge in [0.2, 0.25) is 0 Å². The number of hydrogen-bond acceptors (Lipinski definition) is 3. The highest BCUT2D eigenvalue weighted by Crippen LogP contribution is 2.31. The van der Waals surface area contributed by atoms with Crippen LogP contribution in [0.15, 0.2) is 54.6 Å². The molecule has 0 bridgehead atoms. The molecule has 0 aromatic heterocycles. The van der Waals surface area contributed by atoms with Crippen LogP contribution in [0.25, 0.3) is 0 Å². The van der Waals surface area contributed by atoms with Gasteiger partial charge < -0.3 is 15.1 Å². The molecule has 0 saturated carbocycles. The lowest BCUT2D eigenvalue weighted by atomic mass is 10.0. The van der Waals surface area contributed by atoms with Crippen molar-refractivity contribution in [1.82, 2.24) is 10.2 Å². The van der Waals surface area contributed by atoms with Crippen molar-refractivity contribution in [2.45, 2.75) is 32.7 Å². The molecule has 3 rings (SSSR count). The van der Waals surface area contributed by atoms with Gasteiger partial charge in [0, 0.05) is 36.1 Å². The highest BCUT2D eigenvalue weighted by molar-refractivity contribution is 5.95. The largest absolute Gasteiger partial charge is 0.339 e. The number of carbonyl (C=O) groups excluding carboxylic acids is 1. The first-order valence-corrected chi connectivity index (χ1v) is 9.69. The minimum atomic E-state index is 0.107. The maximum atomic E-state index is 12.8. The van der Waals surface area contributed by atoms with Crippen molar-refractivity contribution in [1.29, 1.82) is 0 Å². The van der Waals surface area contributed by atoms with Crippen LogP contribution in [-0.4, -0.2) is 43.0 Å². The van der Waals surface area contributed by atoms with Crippen LogP contribution < -0.4 is 10.2 Å². The van der Waals surface area contributed by atoms with Crippen molar-refractivity contribution in [2.24, 2.45) is 0 Å². The molecule has 138 valence electrons. The summed E-state index contributed by atoms with van der Waals surface area (Å²) >= 11 is 0. The number of amides is 1. The first-order valence-electron chi connectivity index (χ1n) is 9.69. The number of piperidine rings is 1. The van der Waals surface area contributed by atoms with E-state index in [1.165, 1.54) is 5.69 Å². The summed E-state index contributed by atoms with van der Waals surface area (Å²) < 4.78 is 0. The van der Waals surface area contributed by atoms with Gasteiger partial charge in [-0.05, 0) is 70.1 Å². The third-order valence-corrected chi connectivity index (χ3v) is 5.13. The minimum Gasteiger partial charge on any atom is -0.339 e. The summed E-state index contributed by atoms with van der Waals surface area (Å²) in [5.41, 5.74) is 3.05. The number of nitrogens with zero attached hydrogens (tertiary/aromatic N) is 2. The van der Waals surface area contributed by atoms with Crippen molar-refractivity contribution in [2.75, 3.05) is 31.1 Å². The molecule has 0 radical (unpaired) electrons. The summed E-state index contributed by atoms with van der Waals surface area (Å²) in [6.07, 6.45) is 2.20. The smallest absolute Gasteiger partial charge is 0.253 e. The molecule has 1 fully saturated rings. The maximum absolute atomic E-state index is 12.8. The molecule has 1 aliphatic rings. The molecule has 4 nitrogen and oxygen atoms in total. The van der Waals surface area contributed by atoms with Crippen molar-refractivity contribution in [3.8, 4) is 0 Å². The van der Waals surface area contributed by atoms with E-state index < -0.39 is 0 Å². The molecule has 0 aliphatic carbocycles. The second kappa shape index (κ2) is 8.86. The average Bonchev–Trinajstić information content (AvgIpc) is 2.71. The predicted molar refractivity (Wildman–Crippen MR) is 108 cm³/mol. The number of para-hydroxylation sites is 1. The molecular formula is C22H29N3O. The molecule has 0 unspecified atom stereocenters. The number of anilines is 2. The Morgan fingerprint density at radius 3 is 2.27 bits per heavy atom. The monoisotopic (exact) mass is 351 g/mol. The van der Waals surface area contributed by atoms with Gasteiger partial charge in [-0.3, -0.25) is 4.79 Å². The van der Waals surface area contributed by atoms with Gasteiger partial charge in [-0.25, -0.2) is 0 Å². The topological polar surface area (TPSA) is 35.6 Å². The van der Waals surface area contributed by atoms with Gasteiger partial charge in [-0.15, -0.1) is 0 Å². The lowest BCUT2D eigenvalue weighted by molar-refractivity contribution is 0.0773. The fourth-order valence-corrected chi connectivity index (χ4v) is 3.71. The number of rotatable bonds is 6. The van der Waals surface area contributed by atoms with Gasteiger partial charge in [-0.1, -0.05) is 24.3 Å². The maximum Gasteiger partial charge on any atom is 0.253 e. The van der Waals surface area contributed by atoms with E-state index in [9.17, 15) is 4.79 Å². The Hall–Kier alpha value is -2.33. The fraction of sp³-hybridized carbons (Fsp3) is 0.409. The van der Waals surface area contributed by atoms with Crippen molar-refractivity contribution in [3.05, 3.63) is 60.2 Å². The van der Waals surface area contributed by atoms with E-state index in [2.05, 4.69) is 46.6 Å². The quantitative estimate of drug-likeness (QED) is 0.852. The average molecular weight is 351 g/mol. The lowest BCUT2D eigenvalue weighted by Crippen LogP contribution is -2.41. The van der Waals surface area contributed by atoms with Crippen LogP contribution in [0.1, 0.15) is 37.0 Å². The molecule has 1 N–H and O–H groups in total. The van der Waals surface area contributed by atoms with E-state index in [-0.39, 0.29) is 5.91 Å². The zero-order valence-electron chi connectivity index (χ0n) is 15.8. The summed E-state index contributed by atoms with van der Waals surface area (Å²) in [7, 11) is 0. The van der Waals surface area contributed by atoms with Gasteiger partial charge in [0.05, 0.1) is 0 Å². The second-order valence-electron chi connectivity index (χ2n) is 6.71. The third-order valence-electron chi connectivity index (χ3n) is 5.13. The molecule has 1 aliphatic heterocycles. The van der Waals surface area contributed by atoms with Crippen LogP contribution in [0.5, 0.6) is 0 Å². The summed E-state index contributed by atoms with van der Waals surface area (Å²) in [4.78, 5) is 17.1. The Morgan fingerprint density at radius 2 is 1.62 bits per heavy atom. The van der Waals surface area contributed by atoms with E-state index in [0.717, 1.165) is 50.3 Å². The van der Waals surface area contributed by atoms with Crippen LogP contribution in [-0.2, 0) is 0 Å². The molecule has 4 heteroatoms. The lowest BCUT2D eigenvalue weighted by Gasteiger charge is -2.36. The number of benzene rings is 2. The van der Waals surface area contributed by atoms with Crippen molar-refractivity contribution in [3.63, 3.8) is 0 Å². The van der Waals surface area contributed by atoms with Crippen LogP contribution in [0.3, 0.4) is 0 Å². The number of nitrogens with one attached hydrogen (secondary N) is 1. The van der Waals surface area contributed by atoms with Crippen molar-refractivity contribution >= 4 is 17.3 Å². The first-order chi connectivity index (χ1) is 12.7. The van der Waals surface area contributed by atoms with E-state index in [4.69, 9.17) is 0 Å². The normalized spacial score (nSPS) is 14.8. The summed E-state index contributed by atoms with van der Waals surface area (Å²) in [6, 6.07) is 19.1. The Balaban J connectivity index is 1.96. The van der Waals surface area contributed by atoms with Gasteiger partial charge >= 0.3 is 0 Å². The SMILES string of the molecule is CCN(CC)C(=O)c1cccc(N(c2ccccc2)C2CCNCC2)c1. The van der Waals surface area contributed by atoms with E-state index in [0.29, 0.717) is 6.04 Å². The van der Waals surface area contributed by atoms with Crippen LogP contribution in [0, 0.1) is 0 Å². The van der Waals surface area contributed by atoms with E-state index >= 15 is 0 Å². The Morgan fingerprint density at radius 1 is 0.962 bits per heavy atom. The number of carbonyl (C=O) groups is 1. The highest BCUT2D eigenvalue weighted by Gasteiger charge is 2.23. The molecule has 2 aromatic carbocycles. The molecule has 0 spiro atoms. The number of hydrogen-bond donors (Lipinski definition) is 1. The first kappa shape index (κ1) is 18.5. The molecule has 0 atom stereocenters. The molecule has 2 aromatic rings. The molecule has 26 heavy (non-hydrogen) atoms. The molecular weight excluding hydrogens is 322 g/mol. The highest BCUT2D eigenvalue weighted by atomic mass is 16.2. The minimum absolute atomic E-state index is 0.107.